The second-order valence-corrected chi connectivity index (χ2v) is 7.26. The van der Waals surface area contributed by atoms with Gasteiger partial charge in [-0.2, -0.15) is 0 Å². The molecule has 2 unspecified atom stereocenters. The maximum Gasteiger partial charge on any atom is 0.0669 e. The zero-order valence-corrected chi connectivity index (χ0v) is 13.7. The van der Waals surface area contributed by atoms with Crippen molar-refractivity contribution in [3.05, 3.63) is 35.4 Å². The molecule has 1 aromatic carbocycles. The molecule has 0 bridgehead atoms. The summed E-state index contributed by atoms with van der Waals surface area (Å²) in [5, 5.41) is 13.4. The summed E-state index contributed by atoms with van der Waals surface area (Å²) in [7, 11) is 0. The van der Waals surface area contributed by atoms with E-state index < -0.39 is 0 Å². The van der Waals surface area contributed by atoms with Crippen molar-refractivity contribution in [2.45, 2.75) is 66.0 Å². The van der Waals surface area contributed by atoms with E-state index in [2.05, 4.69) is 64.2 Å². The van der Waals surface area contributed by atoms with Gasteiger partial charge in [-0.3, -0.25) is 0 Å². The number of aliphatic hydroxyl groups excluding tert-OH is 1. The van der Waals surface area contributed by atoms with Crippen LogP contribution in [0, 0.1) is 12.3 Å². The van der Waals surface area contributed by atoms with Crippen LogP contribution in [0.1, 0.15) is 51.7 Å². The van der Waals surface area contributed by atoms with Gasteiger partial charge in [-0.05, 0) is 44.1 Å². The van der Waals surface area contributed by atoms with E-state index in [0.29, 0.717) is 12.6 Å². The van der Waals surface area contributed by atoms with Crippen LogP contribution >= 0.6 is 0 Å². The van der Waals surface area contributed by atoms with Crippen molar-refractivity contribution in [2.24, 2.45) is 5.41 Å². The van der Waals surface area contributed by atoms with Crippen LogP contribution in [0.5, 0.6) is 0 Å². The molecule has 1 rings (SSSR count). The Hall–Kier alpha value is -0.860. The van der Waals surface area contributed by atoms with Gasteiger partial charge in [0.05, 0.1) is 6.10 Å². The Bertz CT molecular complexity index is 395. The Morgan fingerprint density at radius 1 is 1.25 bits per heavy atom. The van der Waals surface area contributed by atoms with Crippen molar-refractivity contribution in [3.63, 3.8) is 0 Å². The highest BCUT2D eigenvalue weighted by molar-refractivity contribution is 5.22. The lowest BCUT2D eigenvalue weighted by atomic mass is 9.89. The first kappa shape index (κ1) is 17.2. The summed E-state index contributed by atoms with van der Waals surface area (Å²) in [5.41, 5.74) is 2.91. The smallest absolute Gasteiger partial charge is 0.0669 e. The van der Waals surface area contributed by atoms with Gasteiger partial charge in [0.1, 0.15) is 0 Å². The van der Waals surface area contributed by atoms with Crippen LogP contribution in [0.2, 0.25) is 0 Å². The maximum atomic E-state index is 9.99. The van der Waals surface area contributed by atoms with Crippen LogP contribution in [-0.4, -0.2) is 23.8 Å². The van der Waals surface area contributed by atoms with E-state index in [4.69, 9.17) is 0 Å². The number of benzene rings is 1. The molecule has 0 aliphatic heterocycles. The van der Waals surface area contributed by atoms with Gasteiger partial charge in [0.15, 0.2) is 0 Å². The van der Waals surface area contributed by atoms with E-state index >= 15 is 0 Å². The van der Waals surface area contributed by atoms with Gasteiger partial charge in [-0.15, -0.1) is 0 Å². The van der Waals surface area contributed by atoms with Crippen LogP contribution < -0.4 is 5.32 Å². The summed E-state index contributed by atoms with van der Waals surface area (Å²) in [4.78, 5) is 0. The molecule has 0 fully saturated rings. The Kier molecular flexibility index (Phi) is 6.70. The topological polar surface area (TPSA) is 32.3 Å². The fourth-order valence-electron chi connectivity index (χ4n) is 2.47. The predicted molar refractivity (Wildman–Crippen MR) is 87.0 cm³/mol. The Balaban J connectivity index is 2.25. The highest BCUT2D eigenvalue weighted by atomic mass is 16.3. The summed E-state index contributed by atoms with van der Waals surface area (Å²) >= 11 is 0. The van der Waals surface area contributed by atoms with Gasteiger partial charge in [-0.25, -0.2) is 0 Å². The van der Waals surface area contributed by atoms with Crippen LogP contribution in [0.3, 0.4) is 0 Å². The highest BCUT2D eigenvalue weighted by Gasteiger charge is 2.16. The summed E-state index contributed by atoms with van der Waals surface area (Å²) in [6, 6.07) is 9.13. The molecule has 2 heteroatoms. The number of hydrogen-bond acceptors (Lipinski definition) is 2. The number of rotatable bonds is 7. The number of aliphatic hydroxyl groups is 1. The molecule has 0 heterocycles. The van der Waals surface area contributed by atoms with Gasteiger partial charge >= 0.3 is 0 Å². The number of nitrogens with one attached hydrogen (secondary N) is 1. The van der Waals surface area contributed by atoms with Gasteiger partial charge in [-0.1, -0.05) is 50.6 Å². The Morgan fingerprint density at radius 3 is 2.55 bits per heavy atom. The highest BCUT2D eigenvalue weighted by Crippen LogP contribution is 2.20. The standard InChI is InChI=1S/C18H31NO/c1-14-7-6-8-16(11-14)10-9-15(2)19-13-17(20)12-18(3,4)5/h6-8,11,15,17,19-20H,9-10,12-13H2,1-5H3. The molecule has 0 saturated heterocycles. The average Bonchev–Trinajstić information content (AvgIpc) is 2.32. The second-order valence-electron chi connectivity index (χ2n) is 7.26. The monoisotopic (exact) mass is 277 g/mol. The van der Waals surface area contributed by atoms with Crippen molar-refractivity contribution in [3.8, 4) is 0 Å². The molecular formula is C18H31NO. The third-order valence-electron chi connectivity index (χ3n) is 3.50. The molecule has 0 saturated carbocycles. The molecule has 114 valence electrons. The zero-order valence-electron chi connectivity index (χ0n) is 13.7. The van der Waals surface area contributed by atoms with E-state index in [-0.39, 0.29) is 11.5 Å². The summed E-state index contributed by atoms with van der Waals surface area (Å²) < 4.78 is 0. The lowest BCUT2D eigenvalue weighted by Gasteiger charge is -2.24. The van der Waals surface area contributed by atoms with E-state index in [1.165, 1.54) is 11.1 Å². The molecule has 1 aromatic rings. The normalized spacial score (nSPS) is 15.1. The van der Waals surface area contributed by atoms with Crippen molar-refractivity contribution in [1.82, 2.24) is 5.32 Å². The zero-order chi connectivity index (χ0) is 15.2. The minimum Gasteiger partial charge on any atom is -0.392 e. The maximum absolute atomic E-state index is 9.99. The Labute approximate surface area is 124 Å². The summed E-state index contributed by atoms with van der Waals surface area (Å²) in [6.45, 7) is 11.5. The van der Waals surface area contributed by atoms with Crippen molar-refractivity contribution >= 4 is 0 Å². The molecule has 0 aliphatic rings. The van der Waals surface area contributed by atoms with Gasteiger partial charge in [0.25, 0.3) is 0 Å². The van der Waals surface area contributed by atoms with E-state index in [1.54, 1.807) is 0 Å². The van der Waals surface area contributed by atoms with E-state index in [1.807, 2.05) is 0 Å². The number of hydrogen-bond donors (Lipinski definition) is 2. The van der Waals surface area contributed by atoms with Crippen LogP contribution in [0.25, 0.3) is 0 Å². The van der Waals surface area contributed by atoms with Crippen molar-refractivity contribution < 1.29 is 5.11 Å². The van der Waals surface area contributed by atoms with Crippen LogP contribution in [0.4, 0.5) is 0 Å². The first-order chi connectivity index (χ1) is 9.26. The Morgan fingerprint density at radius 2 is 1.95 bits per heavy atom. The quantitative estimate of drug-likeness (QED) is 0.796. The molecule has 0 aliphatic carbocycles. The van der Waals surface area contributed by atoms with Crippen LogP contribution in [-0.2, 0) is 6.42 Å². The molecule has 0 radical (unpaired) electrons. The SMILES string of the molecule is Cc1cccc(CCC(C)NCC(O)CC(C)(C)C)c1. The lowest BCUT2D eigenvalue weighted by Crippen LogP contribution is -2.35. The average molecular weight is 277 g/mol. The molecule has 2 atom stereocenters. The largest absolute Gasteiger partial charge is 0.392 e. The minimum atomic E-state index is -0.253. The molecule has 20 heavy (non-hydrogen) atoms. The van der Waals surface area contributed by atoms with Gasteiger partial charge < -0.3 is 10.4 Å². The summed E-state index contributed by atoms with van der Waals surface area (Å²) in [5.74, 6) is 0. The third kappa shape index (κ3) is 7.66. The fourth-order valence-corrected chi connectivity index (χ4v) is 2.47. The lowest BCUT2D eigenvalue weighted by molar-refractivity contribution is 0.117. The van der Waals surface area contributed by atoms with Crippen molar-refractivity contribution in [2.75, 3.05) is 6.54 Å². The molecule has 0 aromatic heterocycles. The molecule has 0 amide bonds. The van der Waals surface area contributed by atoms with Crippen LogP contribution in [0.15, 0.2) is 24.3 Å². The van der Waals surface area contributed by atoms with Gasteiger partial charge in [0.2, 0.25) is 0 Å². The first-order valence-electron chi connectivity index (χ1n) is 7.73. The fraction of sp³-hybridized carbons (Fsp3) is 0.667. The second kappa shape index (κ2) is 7.80. The molecule has 2 nitrogen and oxygen atoms in total. The molecule has 0 spiro atoms. The predicted octanol–water partition coefficient (Wildman–Crippen LogP) is 3.70. The minimum absolute atomic E-state index is 0.186. The molecular weight excluding hydrogens is 246 g/mol. The van der Waals surface area contributed by atoms with Crippen molar-refractivity contribution in [1.29, 1.82) is 0 Å². The summed E-state index contributed by atoms with van der Waals surface area (Å²) in [6.07, 6.45) is 2.78. The van der Waals surface area contributed by atoms with Gasteiger partial charge in [0, 0.05) is 12.6 Å². The van der Waals surface area contributed by atoms with E-state index in [9.17, 15) is 5.11 Å². The number of aryl methyl sites for hydroxylation is 2. The molecule has 2 N–H and O–H groups in total. The first-order valence-corrected chi connectivity index (χ1v) is 7.73. The van der Waals surface area contributed by atoms with E-state index in [0.717, 1.165) is 19.3 Å². The third-order valence-corrected chi connectivity index (χ3v) is 3.50.